The van der Waals surface area contributed by atoms with Crippen LogP contribution in [0.3, 0.4) is 0 Å². The van der Waals surface area contributed by atoms with Crippen LogP contribution in [0.15, 0.2) is 29.2 Å². The van der Waals surface area contributed by atoms with Gasteiger partial charge in [0.15, 0.2) is 0 Å². The molecule has 0 aliphatic rings. The Labute approximate surface area is 132 Å². The van der Waals surface area contributed by atoms with Crippen molar-refractivity contribution in [3.05, 3.63) is 24.3 Å². The lowest BCUT2D eigenvalue weighted by Crippen LogP contribution is -2.37. The summed E-state index contributed by atoms with van der Waals surface area (Å²) in [4.78, 5) is 1.06. The average Bonchev–Trinajstić information content (AvgIpc) is 2.42. The van der Waals surface area contributed by atoms with Crippen molar-refractivity contribution in [2.24, 2.45) is 5.14 Å². The number of halogens is 3. The van der Waals surface area contributed by atoms with Crippen LogP contribution in [0.25, 0.3) is 0 Å². The summed E-state index contributed by atoms with van der Waals surface area (Å²) in [5.41, 5.74) is 0. The van der Waals surface area contributed by atoms with E-state index in [9.17, 15) is 21.6 Å². The molecule has 0 atom stereocenters. The van der Waals surface area contributed by atoms with Crippen LogP contribution in [0, 0.1) is 0 Å². The van der Waals surface area contributed by atoms with E-state index >= 15 is 0 Å². The van der Waals surface area contributed by atoms with Gasteiger partial charge in [0.05, 0.1) is 11.4 Å². The quantitative estimate of drug-likeness (QED) is 0.687. The van der Waals surface area contributed by atoms with Gasteiger partial charge in [0.2, 0.25) is 10.0 Å². The van der Waals surface area contributed by atoms with Gasteiger partial charge in [-0.25, -0.2) is 13.6 Å². The third-order valence-electron chi connectivity index (χ3n) is 2.86. The van der Waals surface area contributed by atoms with Gasteiger partial charge in [0.25, 0.3) is 0 Å². The van der Waals surface area contributed by atoms with Gasteiger partial charge in [-0.05, 0) is 30.7 Å². The van der Waals surface area contributed by atoms with Crippen LogP contribution in [0.4, 0.5) is 13.2 Å². The average molecular weight is 356 g/mol. The summed E-state index contributed by atoms with van der Waals surface area (Å²) in [5, 5.41) is 13.7. The molecule has 0 unspecified atom stereocenters. The summed E-state index contributed by atoms with van der Waals surface area (Å²) in [6.07, 6.45) is -4.09. The molecule has 0 fully saturated rings. The van der Waals surface area contributed by atoms with Crippen LogP contribution in [-0.4, -0.2) is 57.4 Å². The molecule has 0 saturated carbocycles. The molecule has 3 N–H and O–H groups in total. The molecule has 0 aromatic heterocycles. The fourth-order valence-electron chi connectivity index (χ4n) is 1.84. The van der Waals surface area contributed by atoms with Crippen LogP contribution in [0.2, 0.25) is 0 Å². The molecule has 1 aromatic carbocycles. The molecule has 0 saturated heterocycles. The second-order valence-electron chi connectivity index (χ2n) is 4.83. The monoisotopic (exact) mass is 356 g/mol. The van der Waals surface area contributed by atoms with E-state index in [0.29, 0.717) is 5.75 Å². The van der Waals surface area contributed by atoms with E-state index < -0.39 is 22.7 Å². The van der Waals surface area contributed by atoms with Crippen molar-refractivity contribution in [1.82, 2.24) is 4.90 Å². The SMILES string of the molecule is NS(=O)(=O)c1ccc(OCCN(CCCO)CC(F)(F)F)cc1. The molecule has 0 amide bonds. The first-order valence-corrected chi connectivity index (χ1v) is 8.32. The Morgan fingerprint density at radius 1 is 1.17 bits per heavy atom. The summed E-state index contributed by atoms with van der Waals surface area (Å²) in [7, 11) is -3.80. The summed E-state index contributed by atoms with van der Waals surface area (Å²) in [6.45, 7) is -1.15. The minimum absolute atomic E-state index is 0.00374. The maximum atomic E-state index is 12.4. The van der Waals surface area contributed by atoms with Gasteiger partial charge in [-0.2, -0.15) is 13.2 Å². The zero-order valence-electron chi connectivity index (χ0n) is 12.3. The van der Waals surface area contributed by atoms with Crippen molar-refractivity contribution < 1.29 is 31.4 Å². The number of alkyl halides is 3. The van der Waals surface area contributed by atoms with Crippen molar-refractivity contribution in [3.8, 4) is 5.75 Å². The first-order chi connectivity index (χ1) is 10.6. The predicted molar refractivity (Wildman–Crippen MR) is 77.5 cm³/mol. The Morgan fingerprint density at radius 2 is 1.78 bits per heavy atom. The van der Waals surface area contributed by atoms with E-state index in [0.717, 1.165) is 4.90 Å². The van der Waals surface area contributed by atoms with Crippen LogP contribution >= 0.6 is 0 Å². The highest BCUT2D eigenvalue weighted by molar-refractivity contribution is 7.89. The third-order valence-corrected chi connectivity index (χ3v) is 3.79. The number of hydrogen-bond donors (Lipinski definition) is 2. The number of nitrogens with two attached hydrogens (primary N) is 1. The van der Waals surface area contributed by atoms with Gasteiger partial charge in [-0.3, -0.25) is 4.90 Å². The minimum Gasteiger partial charge on any atom is -0.492 e. The van der Waals surface area contributed by atoms with Crippen molar-refractivity contribution in [2.75, 3.05) is 32.8 Å². The number of benzene rings is 1. The van der Waals surface area contributed by atoms with E-state index in [-0.39, 0.29) is 37.6 Å². The number of primary sulfonamides is 1. The van der Waals surface area contributed by atoms with Crippen molar-refractivity contribution >= 4 is 10.0 Å². The van der Waals surface area contributed by atoms with Crippen molar-refractivity contribution in [2.45, 2.75) is 17.5 Å². The molecule has 0 spiro atoms. The van der Waals surface area contributed by atoms with E-state index in [4.69, 9.17) is 15.0 Å². The second kappa shape index (κ2) is 8.48. The summed E-state index contributed by atoms with van der Waals surface area (Å²) in [5.74, 6) is 0.325. The second-order valence-corrected chi connectivity index (χ2v) is 6.39. The first-order valence-electron chi connectivity index (χ1n) is 6.77. The van der Waals surface area contributed by atoms with Gasteiger partial charge < -0.3 is 9.84 Å². The number of hydrogen-bond acceptors (Lipinski definition) is 5. The Hall–Kier alpha value is -1.36. The maximum absolute atomic E-state index is 12.4. The Balaban J connectivity index is 2.52. The molecule has 23 heavy (non-hydrogen) atoms. The highest BCUT2D eigenvalue weighted by atomic mass is 32.2. The minimum atomic E-state index is -4.33. The topological polar surface area (TPSA) is 92.9 Å². The normalized spacial score (nSPS) is 12.6. The molecule has 132 valence electrons. The Kier molecular flexibility index (Phi) is 7.26. The fraction of sp³-hybridized carbons (Fsp3) is 0.538. The molecule has 0 heterocycles. The van der Waals surface area contributed by atoms with E-state index in [1.54, 1.807) is 0 Å². The van der Waals surface area contributed by atoms with Gasteiger partial charge in [0.1, 0.15) is 12.4 Å². The van der Waals surface area contributed by atoms with Crippen LogP contribution < -0.4 is 9.88 Å². The smallest absolute Gasteiger partial charge is 0.401 e. The molecule has 0 bridgehead atoms. The number of ether oxygens (including phenoxy) is 1. The fourth-order valence-corrected chi connectivity index (χ4v) is 2.35. The third kappa shape index (κ3) is 8.16. The van der Waals surface area contributed by atoms with Crippen LogP contribution in [-0.2, 0) is 10.0 Å². The molecule has 0 aliphatic carbocycles. The lowest BCUT2D eigenvalue weighted by Gasteiger charge is -2.23. The summed E-state index contributed by atoms with van der Waals surface area (Å²) in [6, 6.07) is 5.26. The van der Waals surface area contributed by atoms with Crippen LogP contribution in [0.5, 0.6) is 5.75 Å². The maximum Gasteiger partial charge on any atom is 0.401 e. The van der Waals surface area contributed by atoms with Gasteiger partial charge in [0, 0.05) is 19.7 Å². The zero-order chi connectivity index (χ0) is 17.5. The van der Waals surface area contributed by atoms with E-state index in [2.05, 4.69) is 0 Å². The van der Waals surface area contributed by atoms with E-state index in [1.807, 2.05) is 0 Å². The Bertz CT molecular complexity index is 576. The van der Waals surface area contributed by atoms with Gasteiger partial charge in [-0.1, -0.05) is 0 Å². The lowest BCUT2D eigenvalue weighted by atomic mass is 10.3. The van der Waals surface area contributed by atoms with Crippen molar-refractivity contribution in [3.63, 3.8) is 0 Å². The highest BCUT2D eigenvalue weighted by Crippen LogP contribution is 2.17. The Morgan fingerprint density at radius 3 is 2.26 bits per heavy atom. The summed E-state index contributed by atoms with van der Waals surface area (Å²) >= 11 is 0. The predicted octanol–water partition coefficient (Wildman–Crippen LogP) is 0.959. The van der Waals surface area contributed by atoms with Crippen LogP contribution in [0.1, 0.15) is 6.42 Å². The zero-order valence-corrected chi connectivity index (χ0v) is 13.1. The first kappa shape index (κ1) is 19.7. The molecule has 1 aromatic rings. The molecular weight excluding hydrogens is 337 g/mol. The van der Waals surface area contributed by atoms with E-state index in [1.165, 1.54) is 24.3 Å². The molecule has 0 aliphatic heterocycles. The summed E-state index contributed by atoms with van der Waals surface area (Å²) < 4.78 is 64.7. The largest absolute Gasteiger partial charge is 0.492 e. The molecule has 1 rings (SSSR count). The lowest BCUT2D eigenvalue weighted by molar-refractivity contribution is -0.146. The van der Waals surface area contributed by atoms with Crippen molar-refractivity contribution in [1.29, 1.82) is 0 Å². The molecule has 6 nitrogen and oxygen atoms in total. The molecule has 0 radical (unpaired) electrons. The number of aliphatic hydroxyl groups excluding tert-OH is 1. The molecule has 10 heteroatoms. The number of nitrogens with zero attached hydrogens (tertiary/aromatic N) is 1. The standard InChI is InChI=1S/C13H19F3N2O4S/c14-13(15,16)10-18(6-1-8-19)7-9-22-11-2-4-12(5-3-11)23(17,20)21/h2-5,19H,1,6-10H2,(H2,17,20,21). The molecular formula is C13H19F3N2O4S. The van der Waals surface area contributed by atoms with Gasteiger partial charge >= 0.3 is 6.18 Å². The highest BCUT2D eigenvalue weighted by Gasteiger charge is 2.30. The van der Waals surface area contributed by atoms with Gasteiger partial charge in [-0.15, -0.1) is 0 Å². The number of aliphatic hydroxyl groups is 1. The number of rotatable bonds is 9. The number of sulfonamides is 1.